The fourth-order valence-corrected chi connectivity index (χ4v) is 12.6. The van der Waals surface area contributed by atoms with Crippen molar-refractivity contribution in [3.8, 4) is 66.8 Å². The van der Waals surface area contributed by atoms with Crippen LogP contribution in [0.25, 0.3) is 66.8 Å². The molecule has 0 saturated heterocycles. The molecule has 6 aliphatic carbocycles. The molecule has 0 spiro atoms. The second kappa shape index (κ2) is 26.2. The smallest absolute Gasteiger partial charge is 0.00135 e. The molecule has 84 heavy (non-hydrogen) atoms. The Morgan fingerprint density at radius 2 is 0.250 bits per heavy atom. The second-order valence-corrected chi connectivity index (χ2v) is 21.8. The highest BCUT2D eigenvalue weighted by Crippen LogP contribution is 2.40. The van der Waals surface area contributed by atoms with Crippen LogP contribution in [0, 0.1) is 0 Å². The number of fused-ring (bicyclic) bond motifs is 18. The largest absolute Gasteiger partial charge is 0.0991 e. The first-order valence-electron chi connectivity index (χ1n) is 29.5. The molecular weight excluding hydrogens is 1010 g/mol. The summed E-state index contributed by atoms with van der Waals surface area (Å²) in [5, 5.41) is 0. The van der Waals surface area contributed by atoms with Gasteiger partial charge in [-0.25, -0.2) is 0 Å². The summed E-state index contributed by atoms with van der Waals surface area (Å²) in [7, 11) is 0. The molecule has 0 N–H and O–H groups in total. The van der Waals surface area contributed by atoms with Gasteiger partial charge in [0.25, 0.3) is 0 Å². The topological polar surface area (TPSA) is 0 Å². The average Bonchev–Trinajstić information content (AvgIpc) is 4.64. The molecule has 0 heteroatoms. The zero-order chi connectivity index (χ0) is 56.9. The van der Waals surface area contributed by atoms with Gasteiger partial charge in [-0.2, -0.15) is 0 Å². The summed E-state index contributed by atoms with van der Waals surface area (Å²) in [6, 6.07) is 104. The van der Waals surface area contributed by atoms with Crippen molar-refractivity contribution in [3.63, 3.8) is 0 Å². The maximum Gasteiger partial charge on any atom is -0.00135 e. The normalized spacial score (nSPS) is 12.0. The van der Waals surface area contributed by atoms with Gasteiger partial charge < -0.3 is 0 Å². The van der Waals surface area contributed by atoms with Crippen molar-refractivity contribution in [1.29, 1.82) is 0 Å². The second-order valence-electron chi connectivity index (χ2n) is 21.8. The molecule has 0 amide bonds. The standard InChI is InChI=1S/6C13H10.C6H8/c6*1-3-7-12-10(5-1)9-11-6-2-4-8-13(11)12;1-3-5-6-4-2/h6*1-8H,9H2;3-6H,1-2H2. The van der Waals surface area contributed by atoms with Crippen molar-refractivity contribution < 1.29 is 0 Å². The van der Waals surface area contributed by atoms with E-state index in [1.54, 1.807) is 12.2 Å². The Bertz CT molecular complexity index is 3350. The lowest BCUT2D eigenvalue weighted by molar-refractivity contribution is 1.26. The van der Waals surface area contributed by atoms with Crippen molar-refractivity contribution in [1.82, 2.24) is 0 Å². The number of benzene rings is 12. The van der Waals surface area contributed by atoms with Crippen LogP contribution in [0.3, 0.4) is 0 Å². The highest BCUT2D eigenvalue weighted by Gasteiger charge is 2.21. The predicted octanol–water partition coefficient (Wildman–Crippen LogP) is 21.5. The monoisotopic (exact) mass is 1080 g/mol. The highest BCUT2D eigenvalue weighted by molar-refractivity contribution is 5.81. The van der Waals surface area contributed by atoms with Gasteiger partial charge in [-0.1, -0.05) is 329 Å². The summed E-state index contributed by atoms with van der Waals surface area (Å²) in [6.07, 6.45) is 13.7. The van der Waals surface area contributed by atoms with E-state index < -0.39 is 0 Å². The molecule has 0 aliphatic heterocycles. The predicted molar refractivity (Wildman–Crippen MR) is 358 cm³/mol. The van der Waals surface area contributed by atoms with Crippen LogP contribution >= 0.6 is 0 Å². The van der Waals surface area contributed by atoms with Crippen LogP contribution in [0.5, 0.6) is 0 Å². The van der Waals surface area contributed by atoms with Crippen molar-refractivity contribution in [2.45, 2.75) is 38.5 Å². The minimum atomic E-state index is 1.10. The summed E-state index contributed by atoms with van der Waals surface area (Å²) >= 11 is 0. The SMILES string of the molecule is C=CC=CC=C.c1ccc2c(c1)Cc1ccccc1-2.c1ccc2c(c1)Cc1ccccc1-2.c1ccc2c(c1)Cc1ccccc1-2.c1ccc2c(c1)Cc1ccccc1-2.c1ccc2c(c1)Cc1ccccc1-2.c1ccc2c(c1)Cc1ccccc1-2. The van der Waals surface area contributed by atoms with E-state index in [1.165, 1.54) is 134 Å². The van der Waals surface area contributed by atoms with Gasteiger partial charge in [0.15, 0.2) is 0 Å². The molecule has 18 rings (SSSR count). The summed E-state index contributed by atoms with van der Waals surface area (Å²) in [6.45, 7) is 6.93. The molecule has 6 aliphatic rings. The first-order valence-corrected chi connectivity index (χ1v) is 29.5. The molecule has 12 aromatic carbocycles. The summed E-state index contributed by atoms with van der Waals surface area (Å²) in [4.78, 5) is 0. The van der Waals surface area contributed by atoms with E-state index in [1.807, 2.05) is 12.2 Å². The van der Waals surface area contributed by atoms with Crippen molar-refractivity contribution in [3.05, 3.63) is 395 Å². The Morgan fingerprint density at radius 1 is 0.155 bits per heavy atom. The van der Waals surface area contributed by atoms with Gasteiger partial charge >= 0.3 is 0 Å². The summed E-state index contributed by atoms with van der Waals surface area (Å²) in [5.41, 5.74) is 34.5. The summed E-state index contributed by atoms with van der Waals surface area (Å²) in [5.74, 6) is 0. The first-order chi connectivity index (χ1) is 41.6. The van der Waals surface area contributed by atoms with Gasteiger partial charge in [0.2, 0.25) is 0 Å². The van der Waals surface area contributed by atoms with Gasteiger partial charge in [-0.3, -0.25) is 0 Å². The Labute approximate surface area is 497 Å². The van der Waals surface area contributed by atoms with Gasteiger partial charge in [0.1, 0.15) is 0 Å². The van der Waals surface area contributed by atoms with Crippen LogP contribution in [0.15, 0.2) is 329 Å². The Morgan fingerprint density at radius 3 is 0.345 bits per heavy atom. The van der Waals surface area contributed by atoms with Crippen LogP contribution in [0.4, 0.5) is 0 Å². The minimum absolute atomic E-state index is 1.10. The number of rotatable bonds is 2. The lowest BCUT2D eigenvalue weighted by Crippen LogP contribution is -1.77. The Hall–Kier alpha value is -10.1. The van der Waals surface area contributed by atoms with E-state index in [0.717, 1.165) is 38.5 Å². The molecule has 12 aromatic rings. The lowest BCUT2D eigenvalue weighted by Gasteiger charge is -1.98. The Balaban J connectivity index is 0.0000000973. The molecule has 0 saturated carbocycles. The molecule has 0 unspecified atom stereocenters. The molecule has 404 valence electrons. The molecule has 0 atom stereocenters. The zero-order valence-corrected chi connectivity index (χ0v) is 47.7. The lowest BCUT2D eigenvalue weighted by atomic mass is 10.1. The van der Waals surface area contributed by atoms with Crippen LogP contribution in [0.1, 0.15) is 66.8 Å². The van der Waals surface area contributed by atoms with E-state index in [2.05, 4.69) is 304 Å². The van der Waals surface area contributed by atoms with E-state index in [-0.39, 0.29) is 0 Å². The average molecular weight is 1080 g/mol. The third kappa shape index (κ3) is 12.1. The van der Waals surface area contributed by atoms with Crippen molar-refractivity contribution in [2.24, 2.45) is 0 Å². The Kier molecular flexibility index (Phi) is 17.0. The van der Waals surface area contributed by atoms with E-state index in [4.69, 9.17) is 0 Å². The summed E-state index contributed by atoms with van der Waals surface area (Å²) < 4.78 is 0. The fraction of sp³-hybridized carbons (Fsp3) is 0.0714. The highest BCUT2D eigenvalue weighted by atomic mass is 14.2. The third-order valence-electron chi connectivity index (χ3n) is 16.6. The van der Waals surface area contributed by atoms with E-state index in [0.29, 0.717) is 0 Å². The van der Waals surface area contributed by atoms with Gasteiger partial charge in [0.05, 0.1) is 0 Å². The molecule has 0 radical (unpaired) electrons. The van der Waals surface area contributed by atoms with Crippen LogP contribution in [-0.4, -0.2) is 0 Å². The van der Waals surface area contributed by atoms with Gasteiger partial charge in [-0.05, 0) is 172 Å². The maximum atomic E-state index is 3.46. The van der Waals surface area contributed by atoms with E-state index >= 15 is 0 Å². The number of hydrogen-bond donors (Lipinski definition) is 0. The fourth-order valence-electron chi connectivity index (χ4n) is 12.6. The van der Waals surface area contributed by atoms with Gasteiger partial charge in [0, 0.05) is 0 Å². The maximum absolute atomic E-state index is 3.46. The molecular formula is C84H68. The third-order valence-corrected chi connectivity index (χ3v) is 16.6. The molecule has 0 bridgehead atoms. The quantitative estimate of drug-likeness (QED) is 0.151. The molecule has 0 nitrogen and oxygen atoms in total. The van der Waals surface area contributed by atoms with Crippen molar-refractivity contribution in [2.75, 3.05) is 0 Å². The molecule has 0 heterocycles. The molecule has 0 fully saturated rings. The number of allylic oxidation sites excluding steroid dienone is 4. The van der Waals surface area contributed by atoms with E-state index in [9.17, 15) is 0 Å². The van der Waals surface area contributed by atoms with Crippen LogP contribution < -0.4 is 0 Å². The van der Waals surface area contributed by atoms with Gasteiger partial charge in [-0.15, -0.1) is 0 Å². The first kappa shape index (κ1) is 54.4. The van der Waals surface area contributed by atoms with Crippen LogP contribution in [-0.2, 0) is 38.5 Å². The molecule has 0 aromatic heterocycles. The van der Waals surface area contributed by atoms with Crippen molar-refractivity contribution >= 4 is 0 Å². The number of hydrogen-bond acceptors (Lipinski definition) is 0. The minimum Gasteiger partial charge on any atom is -0.0991 e. The van der Waals surface area contributed by atoms with Crippen LogP contribution in [0.2, 0.25) is 0 Å². The zero-order valence-electron chi connectivity index (χ0n) is 47.7.